The highest BCUT2D eigenvalue weighted by atomic mass is 16.5. The first-order chi connectivity index (χ1) is 10.9. The van der Waals surface area contributed by atoms with Gasteiger partial charge >= 0.3 is 0 Å². The number of aryl methyl sites for hydroxylation is 1. The van der Waals surface area contributed by atoms with Crippen LogP contribution in [0, 0.1) is 6.92 Å². The summed E-state index contributed by atoms with van der Waals surface area (Å²) in [7, 11) is 0. The molecule has 0 saturated heterocycles. The second kappa shape index (κ2) is 7.32. The summed E-state index contributed by atoms with van der Waals surface area (Å²) in [6, 6.07) is 17.9. The fraction of sp³-hybridized carbons (Fsp3) is 0.350. The van der Waals surface area contributed by atoms with Crippen LogP contribution in [0.1, 0.15) is 31.9 Å². The summed E-state index contributed by atoms with van der Waals surface area (Å²) in [5, 5.41) is 3.08. The number of benzene rings is 2. The first kappa shape index (κ1) is 17.1. The molecule has 1 amide bonds. The maximum absolute atomic E-state index is 12.4. The van der Waals surface area contributed by atoms with Crippen molar-refractivity contribution in [2.24, 2.45) is 0 Å². The monoisotopic (exact) mass is 311 g/mol. The lowest BCUT2D eigenvalue weighted by molar-refractivity contribution is -0.128. The van der Waals surface area contributed by atoms with Crippen molar-refractivity contribution in [1.29, 1.82) is 0 Å². The minimum Gasteiger partial charge on any atom is -0.481 e. The van der Waals surface area contributed by atoms with E-state index in [-0.39, 0.29) is 11.4 Å². The van der Waals surface area contributed by atoms with E-state index in [1.54, 1.807) is 6.92 Å². The van der Waals surface area contributed by atoms with Gasteiger partial charge in [0.2, 0.25) is 0 Å². The Morgan fingerprint density at radius 1 is 1.13 bits per heavy atom. The van der Waals surface area contributed by atoms with Gasteiger partial charge in [-0.1, -0.05) is 42.5 Å². The zero-order chi connectivity index (χ0) is 16.9. The third-order valence-corrected chi connectivity index (χ3v) is 3.62. The minimum atomic E-state index is -0.535. The van der Waals surface area contributed by atoms with E-state index in [9.17, 15) is 4.79 Å². The second-order valence-corrected chi connectivity index (χ2v) is 6.61. The molecule has 0 fully saturated rings. The lowest BCUT2D eigenvalue weighted by atomic mass is 9.94. The highest BCUT2D eigenvalue weighted by Crippen LogP contribution is 2.16. The highest BCUT2D eigenvalue weighted by Gasteiger charge is 2.24. The van der Waals surface area contributed by atoms with Crippen LogP contribution in [0.15, 0.2) is 54.6 Å². The first-order valence-electron chi connectivity index (χ1n) is 7.95. The van der Waals surface area contributed by atoms with Gasteiger partial charge in [-0.05, 0) is 57.4 Å². The molecule has 3 heteroatoms. The van der Waals surface area contributed by atoms with Gasteiger partial charge in [-0.3, -0.25) is 4.79 Å². The summed E-state index contributed by atoms with van der Waals surface area (Å²) >= 11 is 0. The van der Waals surface area contributed by atoms with Crippen molar-refractivity contribution in [2.45, 2.75) is 45.8 Å². The number of carbonyl (C=O) groups is 1. The van der Waals surface area contributed by atoms with Gasteiger partial charge in [0.25, 0.3) is 5.91 Å². The molecule has 0 bridgehead atoms. The largest absolute Gasteiger partial charge is 0.481 e. The third-order valence-electron chi connectivity index (χ3n) is 3.62. The average Bonchev–Trinajstić information content (AvgIpc) is 2.47. The molecule has 0 heterocycles. The molecule has 0 aliphatic heterocycles. The van der Waals surface area contributed by atoms with Crippen molar-refractivity contribution >= 4 is 5.91 Å². The Labute approximate surface area is 138 Å². The van der Waals surface area contributed by atoms with Crippen LogP contribution >= 0.6 is 0 Å². The van der Waals surface area contributed by atoms with Gasteiger partial charge in [0.05, 0.1) is 0 Å². The normalized spacial score (nSPS) is 12.5. The average molecular weight is 311 g/mol. The topological polar surface area (TPSA) is 38.3 Å². The Bertz CT molecular complexity index is 650. The number of hydrogen-bond donors (Lipinski definition) is 1. The van der Waals surface area contributed by atoms with Crippen molar-refractivity contribution < 1.29 is 9.53 Å². The molecule has 0 aromatic heterocycles. The Morgan fingerprint density at radius 3 is 2.48 bits per heavy atom. The minimum absolute atomic E-state index is 0.104. The Morgan fingerprint density at radius 2 is 1.83 bits per heavy atom. The second-order valence-electron chi connectivity index (χ2n) is 6.61. The number of nitrogens with one attached hydrogen (secondary N) is 1. The summed E-state index contributed by atoms with van der Waals surface area (Å²) in [6.45, 7) is 7.82. The third kappa shape index (κ3) is 5.44. The molecule has 0 unspecified atom stereocenters. The Kier molecular flexibility index (Phi) is 5.43. The van der Waals surface area contributed by atoms with Gasteiger partial charge in [-0.25, -0.2) is 0 Å². The van der Waals surface area contributed by atoms with Crippen molar-refractivity contribution in [3.05, 3.63) is 65.7 Å². The quantitative estimate of drug-likeness (QED) is 0.878. The van der Waals surface area contributed by atoms with E-state index >= 15 is 0 Å². The summed E-state index contributed by atoms with van der Waals surface area (Å²) < 4.78 is 5.74. The molecule has 23 heavy (non-hydrogen) atoms. The van der Waals surface area contributed by atoms with Crippen LogP contribution in [0.3, 0.4) is 0 Å². The van der Waals surface area contributed by atoms with Crippen molar-refractivity contribution in [1.82, 2.24) is 5.32 Å². The standard InChI is InChI=1S/C20H25NO2/c1-15-9-8-12-18(13-15)23-16(2)19(22)21-20(3,4)14-17-10-6-5-7-11-17/h5-13,16H,14H2,1-4H3,(H,21,22)/t16-/m0/s1. The SMILES string of the molecule is Cc1cccc(O[C@@H](C)C(=O)NC(C)(C)Cc2ccccc2)c1. The van der Waals surface area contributed by atoms with Gasteiger partial charge in [0.15, 0.2) is 6.10 Å². The molecule has 122 valence electrons. The fourth-order valence-electron chi connectivity index (χ4n) is 2.53. The maximum atomic E-state index is 12.4. The van der Waals surface area contributed by atoms with Gasteiger partial charge in [0, 0.05) is 5.54 Å². The summed E-state index contributed by atoms with van der Waals surface area (Å²) in [5.74, 6) is 0.612. The van der Waals surface area contributed by atoms with Crippen LogP contribution in [-0.2, 0) is 11.2 Å². The molecule has 2 aromatic carbocycles. The lowest BCUT2D eigenvalue weighted by Gasteiger charge is -2.28. The van der Waals surface area contributed by atoms with E-state index in [0.29, 0.717) is 5.75 Å². The smallest absolute Gasteiger partial charge is 0.261 e. The first-order valence-corrected chi connectivity index (χ1v) is 7.95. The van der Waals surface area contributed by atoms with E-state index in [2.05, 4.69) is 17.4 Å². The van der Waals surface area contributed by atoms with E-state index < -0.39 is 6.10 Å². The Hall–Kier alpha value is -2.29. The van der Waals surface area contributed by atoms with Gasteiger partial charge < -0.3 is 10.1 Å². The van der Waals surface area contributed by atoms with Crippen molar-refractivity contribution in [3.63, 3.8) is 0 Å². The summed E-state index contributed by atoms with van der Waals surface area (Å²) in [6.07, 6.45) is 0.239. The maximum Gasteiger partial charge on any atom is 0.261 e. The number of rotatable bonds is 6. The molecule has 2 aromatic rings. The zero-order valence-corrected chi connectivity index (χ0v) is 14.3. The van der Waals surface area contributed by atoms with E-state index in [4.69, 9.17) is 4.74 Å². The molecule has 0 spiro atoms. The van der Waals surface area contributed by atoms with Crippen molar-refractivity contribution in [2.75, 3.05) is 0 Å². The van der Waals surface area contributed by atoms with Crippen LogP contribution in [0.2, 0.25) is 0 Å². The van der Waals surface area contributed by atoms with Gasteiger partial charge in [0.1, 0.15) is 5.75 Å². The van der Waals surface area contributed by atoms with Crippen LogP contribution < -0.4 is 10.1 Å². The van der Waals surface area contributed by atoms with E-state index in [0.717, 1.165) is 12.0 Å². The molecule has 0 radical (unpaired) electrons. The van der Waals surface area contributed by atoms with E-state index in [1.165, 1.54) is 5.56 Å². The molecule has 0 saturated carbocycles. The molecule has 3 nitrogen and oxygen atoms in total. The number of carbonyl (C=O) groups excluding carboxylic acids is 1. The summed E-state index contributed by atoms with van der Waals surface area (Å²) in [5.41, 5.74) is 1.98. The Balaban J connectivity index is 1.94. The molecular formula is C20H25NO2. The number of ether oxygens (including phenoxy) is 1. The zero-order valence-electron chi connectivity index (χ0n) is 14.3. The van der Waals surface area contributed by atoms with Crippen LogP contribution in [-0.4, -0.2) is 17.6 Å². The predicted octanol–water partition coefficient (Wildman–Crippen LogP) is 3.90. The van der Waals surface area contributed by atoms with Crippen LogP contribution in [0.4, 0.5) is 0 Å². The molecule has 0 aliphatic carbocycles. The van der Waals surface area contributed by atoms with Crippen molar-refractivity contribution in [3.8, 4) is 5.75 Å². The number of amides is 1. The van der Waals surface area contributed by atoms with Gasteiger partial charge in [-0.2, -0.15) is 0 Å². The fourth-order valence-corrected chi connectivity index (χ4v) is 2.53. The molecular weight excluding hydrogens is 286 g/mol. The van der Waals surface area contributed by atoms with Gasteiger partial charge in [-0.15, -0.1) is 0 Å². The highest BCUT2D eigenvalue weighted by molar-refractivity contribution is 5.81. The van der Waals surface area contributed by atoms with Crippen LogP contribution in [0.25, 0.3) is 0 Å². The molecule has 2 rings (SSSR count). The molecule has 0 aliphatic rings. The molecule has 1 atom stereocenters. The molecule has 1 N–H and O–H groups in total. The lowest BCUT2D eigenvalue weighted by Crippen LogP contribution is -2.49. The number of hydrogen-bond acceptors (Lipinski definition) is 2. The predicted molar refractivity (Wildman–Crippen MR) is 93.6 cm³/mol. The van der Waals surface area contributed by atoms with E-state index in [1.807, 2.05) is 63.2 Å². The van der Waals surface area contributed by atoms with Crippen LogP contribution in [0.5, 0.6) is 5.75 Å². The summed E-state index contributed by atoms with van der Waals surface area (Å²) in [4.78, 5) is 12.4.